The Morgan fingerprint density at radius 1 is 1.44 bits per heavy atom. The van der Waals surface area contributed by atoms with Gasteiger partial charge in [-0.2, -0.15) is 0 Å². The summed E-state index contributed by atoms with van der Waals surface area (Å²) >= 11 is 0. The monoisotopic (exact) mass is 228 g/mol. The Morgan fingerprint density at radius 3 is 2.62 bits per heavy atom. The first kappa shape index (κ1) is 14.6. The van der Waals surface area contributed by atoms with Crippen molar-refractivity contribution >= 4 is 11.9 Å². The molecule has 0 heterocycles. The molecular formula is C11H20N2O3. The zero-order valence-corrected chi connectivity index (χ0v) is 9.99. The van der Waals surface area contributed by atoms with Crippen molar-refractivity contribution in [1.82, 2.24) is 10.4 Å². The fourth-order valence-electron chi connectivity index (χ4n) is 1.10. The Morgan fingerprint density at radius 2 is 2.12 bits per heavy atom. The van der Waals surface area contributed by atoms with Crippen LogP contribution < -0.4 is 5.43 Å². The molecule has 0 rings (SSSR count). The molecular weight excluding hydrogens is 208 g/mol. The minimum atomic E-state index is -0.187. The summed E-state index contributed by atoms with van der Waals surface area (Å²) in [6, 6.07) is 0. The van der Waals surface area contributed by atoms with Crippen molar-refractivity contribution in [3.63, 3.8) is 0 Å². The van der Waals surface area contributed by atoms with Crippen molar-refractivity contribution in [2.45, 2.75) is 26.2 Å². The maximum absolute atomic E-state index is 11.2. The fraction of sp³-hybridized carbons (Fsp3) is 0.636. The second-order valence-electron chi connectivity index (χ2n) is 3.20. The lowest BCUT2D eigenvalue weighted by molar-refractivity contribution is -0.143. The number of hydrogen-bond acceptors (Lipinski definition) is 4. The zero-order valence-electron chi connectivity index (χ0n) is 9.99. The topological polar surface area (TPSA) is 58.6 Å². The minimum absolute atomic E-state index is 0.159. The van der Waals surface area contributed by atoms with Crippen LogP contribution in [0.4, 0.5) is 0 Å². The molecule has 0 aliphatic carbocycles. The minimum Gasteiger partial charge on any atom is -0.466 e. The molecule has 5 heteroatoms. The SMILES string of the molecule is C=CC(=O)N(CCCCOC(=O)CC)NC. The van der Waals surface area contributed by atoms with E-state index in [1.54, 1.807) is 14.0 Å². The van der Waals surface area contributed by atoms with E-state index in [-0.39, 0.29) is 11.9 Å². The van der Waals surface area contributed by atoms with Gasteiger partial charge in [0.1, 0.15) is 0 Å². The summed E-state index contributed by atoms with van der Waals surface area (Å²) < 4.78 is 4.91. The maximum Gasteiger partial charge on any atom is 0.305 e. The molecule has 5 nitrogen and oxygen atoms in total. The largest absolute Gasteiger partial charge is 0.466 e. The summed E-state index contributed by atoms with van der Waals surface area (Å²) in [4.78, 5) is 22.0. The Bertz CT molecular complexity index is 241. The molecule has 0 saturated carbocycles. The molecule has 0 fully saturated rings. The average Bonchev–Trinajstić information content (AvgIpc) is 2.32. The van der Waals surface area contributed by atoms with Crippen molar-refractivity contribution in [2.75, 3.05) is 20.2 Å². The lowest BCUT2D eigenvalue weighted by Crippen LogP contribution is -2.40. The van der Waals surface area contributed by atoms with Gasteiger partial charge in [0.25, 0.3) is 5.91 Å². The fourth-order valence-corrected chi connectivity index (χ4v) is 1.10. The van der Waals surface area contributed by atoms with E-state index < -0.39 is 0 Å². The van der Waals surface area contributed by atoms with Gasteiger partial charge in [0.2, 0.25) is 0 Å². The summed E-state index contributed by atoms with van der Waals surface area (Å²) in [5.41, 5.74) is 2.77. The van der Waals surface area contributed by atoms with Crippen molar-refractivity contribution < 1.29 is 14.3 Å². The van der Waals surface area contributed by atoms with Crippen molar-refractivity contribution in [3.05, 3.63) is 12.7 Å². The number of carbonyl (C=O) groups excluding carboxylic acids is 2. The molecule has 0 spiro atoms. The number of nitrogens with zero attached hydrogens (tertiary/aromatic N) is 1. The number of nitrogens with one attached hydrogen (secondary N) is 1. The molecule has 0 unspecified atom stereocenters. The van der Waals surface area contributed by atoms with Crippen LogP contribution in [0, 0.1) is 0 Å². The summed E-state index contributed by atoms with van der Waals surface area (Å²) in [5, 5.41) is 1.47. The third kappa shape index (κ3) is 6.19. The molecule has 0 aliphatic rings. The lowest BCUT2D eigenvalue weighted by Gasteiger charge is -2.19. The number of hydrazine groups is 1. The highest BCUT2D eigenvalue weighted by molar-refractivity contribution is 5.86. The van der Waals surface area contributed by atoms with Gasteiger partial charge in [0, 0.05) is 20.0 Å². The third-order valence-corrected chi connectivity index (χ3v) is 2.04. The van der Waals surface area contributed by atoms with Gasteiger partial charge in [0.05, 0.1) is 6.61 Å². The Kier molecular flexibility index (Phi) is 8.15. The van der Waals surface area contributed by atoms with Crippen LogP contribution in [-0.4, -0.2) is 37.1 Å². The predicted molar refractivity (Wildman–Crippen MR) is 61.5 cm³/mol. The van der Waals surface area contributed by atoms with Crippen LogP contribution in [0.25, 0.3) is 0 Å². The number of ether oxygens (including phenoxy) is 1. The Hall–Kier alpha value is -1.36. The highest BCUT2D eigenvalue weighted by atomic mass is 16.5. The van der Waals surface area contributed by atoms with Gasteiger partial charge in [-0.15, -0.1) is 0 Å². The van der Waals surface area contributed by atoms with Crippen LogP contribution in [0.15, 0.2) is 12.7 Å². The van der Waals surface area contributed by atoms with Crippen LogP contribution in [0.1, 0.15) is 26.2 Å². The molecule has 0 radical (unpaired) electrons. The van der Waals surface area contributed by atoms with E-state index in [1.165, 1.54) is 11.1 Å². The van der Waals surface area contributed by atoms with Crippen molar-refractivity contribution in [2.24, 2.45) is 0 Å². The summed E-state index contributed by atoms with van der Waals surface area (Å²) in [6.45, 7) is 6.15. The first-order chi connectivity index (χ1) is 7.65. The van der Waals surface area contributed by atoms with Crippen LogP contribution >= 0.6 is 0 Å². The lowest BCUT2D eigenvalue weighted by atomic mass is 10.3. The first-order valence-corrected chi connectivity index (χ1v) is 5.42. The number of hydrogen-bond donors (Lipinski definition) is 1. The van der Waals surface area contributed by atoms with E-state index in [0.29, 0.717) is 19.6 Å². The molecule has 0 aromatic heterocycles. The van der Waals surface area contributed by atoms with Gasteiger partial charge in [-0.1, -0.05) is 13.5 Å². The molecule has 0 atom stereocenters. The maximum atomic E-state index is 11.2. The molecule has 1 N–H and O–H groups in total. The zero-order chi connectivity index (χ0) is 12.4. The predicted octanol–water partition coefficient (Wildman–Crippen LogP) is 0.869. The van der Waals surface area contributed by atoms with Crippen molar-refractivity contribution in [1.29, 1.82) is 0 Å². The highest BCUT2D eigenvalue weighted by Gasteiger charge is 2.06. The normalized spacial score (nSPS) is 9.62. The average molecular weight is 228 g/mol. The standard InChI is InChI=1S/C11H20N2O3/c1-4-10(14)13(12-3)8-6-7-9-16-11(15)5-2/h4,12H,1,5-9H2,2-3H3. The van der Waals surface area contributed by atoms with E-state index in [4.69, 9.17) is 4.74 Å². The third-order valence-electron chi connectivity index (χ3n) is 2.04. The number of carbonyl (C=O) groups is 2. The highest BCUT2D eigenvalue weighted by Crippen LogP contribution is 1.96. The summed E-state index contributed by atoms with van der Waals surface area (Å²) in [5.74, 6) is -0.347. The summed E-state index contributed by atoms with van der Waals surface area (Å²) in [6.07, 6.45) is 3.18. The van der Waals surface area contributed by atoms with Crippen LogP contribution in [0.5, 0.6) is 0 Å². The van der Waals surface area contributed by atoms with E-state index in [0.717, 1.165) is 12.8 Å². The van der Waals surface area contributed by atoms with Gasteiger partial charge in [-0.3, -0.25) is 14.6 Å². The molecule has 1 amide bonds. The number of amides is 1. The van der Waals surface area contributed by atoms with Crippen LogP contribution in [-0.2, 0) is 14.3 Å². The van der Waals surface area contributed by atoms with Gasteiger partial charge < -0.3 is 4.74 Å². The van der Waals surface area contributed by atoms with Gasteiger partial charge in [-0.05, 0) is 18.9 Å². The number of esters is 1. The van der Waals surface area contributed by atoms with E-state index >= 15 is 0 Å². The molecule has 16 heavy (non-hydrogen) atoms. The van der Waals surface area contributed by atoms with Crippen LogP contribution in [0.3, 0.4) is 0 Å². The Labute approximate surface area is 96.4 Å². The second-order valence-corrected chi connectivity index (χ2v) is 3.20. The van der Waals surface area contributed by atoms with E-state index in [9.17, 15) is 9.59 Å². The molecule has 0 aromatic carbocycles. The number of unbranched alkanes of at least 4 members (excludes halogenated alkanes) is 1. The molecule has 0 aromatic rings. The van der Waals surface area contributed by atoms with Crippen LogP contribution in [0.2, 0.25) is 0 Å². The van der Waals surface area contributed by atoms with Gasteiger partial charge in [-0.25, -0.2) is 5.43 Å². The Balaban J connectivity index is 3.59. The molecule has 0 bridgehead atoms. The molecule has 92 valence electrons. The van der Waals surface area contributed by atoms with Crippen molar-refractivity contribution in [3.8, 4) is 0 Å². The number of rotatable bonds is 8. The van der Waals surface area contributed by atoms with E-state index in [1.807, 2.05) is 0 Å². The van der Waals surface area contributed by atoms with Gasteiger partial charge >= 0.3 is 5.97 Å². The first-order valence-electron chi connectivity index (χ1n) is 5.42. The quantitative estimate of drug-likeness (QED) is 0.290. The van der Waals surface area contributed by atoms with Gasteiger partial charge in [0.15, 0.2) is 0 Å². The second kappa shape index (κ2) is 8.91. The smallest absolute Gasteiger partial charge is 0.305 e. The molecule has 0 saturated heterocycles. The van der Waals surface area contributed by atoms with E-state index in [2.05, 4.69) is 12.0 Å². The summed E-state index contributed by atoms with van der Waals surface area (Å²) in [7, 11) is 1.68. The molecule has 0 aliphatic heterocycles.